The molecule has 0 heterocycles. The molecule has 0 spiro atoms. The van der Waals surface area contributed by atoms with E-state index in [1.165, 1.54) is 0 Å². The number of para-hydroxylation sites is 1. The lowest BCUT2D eigenvalue weighted by Crippen LogP contribution is -2.44. The SMILES string of the molecule is CC(C)(C)c1ccccc1OCC(=O)NNC(=O)C1CC1. The van der Waals surface area contributed by atoms with E-state index in [9.17, 15) is 9.59 Å². The Kier molecular flexibility index (Phi) is 4.50. The van der Waals surface area contributed by atoms with E-state index in [4.69, 9.17) is 4.74 Å². The molecule has 21 heavy (non-hydrogen) atoms. The Hall–Kier alpha value is -2.04. The molecule has 1 saturated carbocycles. The van der Waals surface area contributed by atoms with Crippen LogP contribution in [0.25, 0.3) is 0 Å². The van der Waals surface area contributed by atoms with Gasteiger partial charge < -0.3 is 4.74 Å². The molecule has 1 fully saturated rings. The van der Waals surface area contributed by atoms with Gasteiger partial charge in [-0.2, -0.15) is 0 Å². The van der Waals surface area contributed by atoms with Crippen LogP contribution >= 0.6 is 0 Å². The van der Waals surface area contributed by atoms with Crippen molar-refractivity contribution in [3.63, 3.8) is 0 Å². The number of nitrogens with one attached hydrogen (secondary N) is 2. The van der Waals surface area contributed by atoms with E-state index in [0.717, 1.165) is 18.4 Å². The lowest BCUT2D eigenvalue weighted by molar-refractivity contribution is -0.130. The first-order valence-corrected chi connectivity index (χ1v) is 7.19. The molecule has 1 aliphatic carbocycles. The molecular weight excluding hydrogens is 268 g/mol. The second kappa shape index (κ2) is 6.16. The minimum atomic E-state index is -0.368. The zero-order valence-electron chi connectivity index (χ0n) is 12.7. The number of carbonyl (C=O) groups excluding carboxylic acids is 2. The maximum atomic E-state index is 11.7. The van der Waals surface area contributed by atoms with Crippen LogP contribution in [-0.4, -0.2) is 18.4 Å². The third-order valence-electron chi connectivity index (χ3n) is 3.33. The van der Waals surface area contributed by atoms with Crippen LogP contribution in [0.3, 0.4) is 0 Å². The molecule has 0 aliphatic heterocycles. The molecule has 2 amide bonds. The van der Waals surface area contributed by atoms with Crippen molar-refractivity contribution >= 4 is 11.8 Å². The van der Waals surface area contributed by atoms with Crippen molar-refractivity contribution in [1.82, 2.24) is 10.9 Å². The molecule has 0 unspecified atom stereocenters. The molecule has 5 heteroatoms. The van der Waals surface area contributed by atoms with Gasteiger partial charge in [0.1, 0.15) is 5.75 Å². The Bertz CT molecular complexity index is 531. The van der Waals surface area contributed by atoms with Gasteiger partial charge >= 0.3 is 0 Å². The van der Waals surface area contributed by atoms with Crippen LogP contribution in [0.5, 0.6) is 5.75 Å². The molecule has 0 saturated heterocycles. The maximum absolute atomic E-state index is 11.7. The Labute approximate surface area is 125 Å². The molecule has 5 nitrogen and oxygen atoms in total. The van der Waals surface area contributed by atoms with Crippen molar-refractivity contribution in [2.24, 2.45) is 5.92 Å². The van der Waals surface area contributed by atoms with Gasteiger partial charge in [-0.25, -0.2) is 0 Å². The van der Waals surface area contributed by atoms with E-state index >= 15 is 0 Å². The van der Waals surface area contributed by atoms with Gasteiger partial charge in [-0.3, -0.25) is 20.4 Å². The summed E-state index contributed by atoms with van der Waals surface area (Å²) in [6.45, 7) is 6.14. The van der Waals surface area contributed by atoms with Crippen LogP contribution in [0.4, 0.5) is 0 Å². The summed E-state index contributed by atoms with van der Waals surface area (Å²) in [5.74, 6) is 0.257. The quantitative estimate of drug-likeness (QED) is 0.833. The predicted octanol–water partition coefficient (Wildman–Crippen LogP) is 1.92. The van der Waals surface area contributed by atoms with Crippen molar-refractivity contribution in [1.29, 1.82) is 0 Å². The van der Waals surface area contributed by atoms with E-state index < -0.39 is 0 Å². The van der Waals surface area contributed by atoms with Crippen LogP contribution < -0.4 is 15.6 Å². The van der Waals surface area contributed by atoms with E-state index in [0.29, 0.717) is 5.75 Å². The minimum Gasteiger partial charge on any atom is -0.483 e. The van der Waals surface area contributed by atoms with Gasteiger partial charge in [0.2, 0.25) is 5.91 Å². The Morgan fingerprint density at radius 3 is 2.48 bits per heavy atom. The topological polar surface area (TPSA) is 67.4 Å². The number of rotatable bonds is 4. The fraction of sp³-hybridized carbons (Fsp3) is 0.500. The number of amides is 2. The van der Waals surface area contributed by atoms with Crippen LogP contribution in [0, 0.1) is 5.92 Å². The Balaban J connectivity index is 1.85. The van der Waals surface area contributed by atoms with E-state index in [1.54, 1.807) is 0 Å². The highest BCUT2D eigenvalue weighted by Gasteiger charge is 2.29. The van der Waals surface area contributed by atoms with Crippen LogP contribution in [0.2, 0.25) is 0 Å². The molecule has 114 valence electrons. The second-order valence-electron chi connectivity index (χ2n) is 6.35. The highest BCUT2D eigenvalue weighted by atomic mass is 16.5. The van der Waals surface area contributed by atoms with Crippen molar-refractivity contribution < 1.29 is 14.3 Å². The molecule has 2 rings (SSSR count). The summed E-state index contributed by atoms with van der Waals surface area (Å²) in [6.07, 6.45) is 1.80. The summed E-state index contributed by atoms with van der Waals surface area (Å²) in [5, 5.41) is 0. The monoisotopic (exact) mass is 290 g/mol. The molecule has 0 bridgehead atoms. The van der Waals surface area contributed by atoms with Crippen molar-refractivity contribution in [2.45, 2.75) is 39.0 Å². The highest BCUT2D eigenvalue weighted by molar-refractivity contribution is 5.85. The first-order chi connectivity index (χ1) is 9.88. The molecule has 2 N–H and O–H groups in total. The molecular formula is C16H22N2O3. The van der Waals surface area contributed by atoms with Gasteiger partial charge in [0.15, 0.2) is 6.61 Å². The van der Waals surface area contributed by atoms with Gasteiger partial charge in [0.25, 0.3) is 5.91 Å². The van der Waals surface area contributed by atoms with Gasteiger partial charge in [0.05, 0.1) is 0 Å². The molecule has 0 aromatic heterocycles. The van der Waals surface area contributed by atoms with E-state index in [2.05, 4.69) is 31.6 Å². The first-order valence-electron chi connectivity index (χ1n) is 7.19. The summed E-state index contributed by atoms with van der Waals surface area (Å²) >= 11 is 0. The van der Waals surface area contributed by atoms with Gasteiger partial charge in [0, 0.05) is 5.92 Å². The average Bonchev–Trinajstić information content (AvgIpc) is 3.26. The molecule has 1 aliphatic rings. The zero-order chi connectivity index (χ0) is 15.5. The smallest absolute Gasteiger partial charge is 0.276 e. The largest absolute Gasteiger partial charge is 0.483 e. The number of carbonyl (C=O) groups is 2. The van der Waals surface area contributed by atoms with Crippen LogP contribution in [-0.2, 0) is 15.0 Å². The second-order valence-corrected chi connectivity index (χ2v) is 6.35. The number of ether oxygens (including phenoxy) is 1. The fourth-order valence-electron chi connectivity index (χ4n) is 1.97. The Morgan fingerprint density at radius 1 is 1.19 bits per heavy atom. The molecule has 0 atom stereocenters. The van der Waals surface area contributed by atoms with Gasteiger partial charge in [-0.1, -0.05) is 39.0 Å². The van der Waals surface area contributed by atoms with Gasteiger partial charge in [-0.05, 0) is 29.9 Å². The van der Waals surface area contributed by atoms with Crippen LogP contribution in [0.1, 0.15) is 39.2 Å². The summed E-state index contributed by atoms with van der Waals surface area (Å²) in [5.41, 5.74) is 5.76. The third-order valence-corrected chi connectivity index (χ3v) is 3.33. The number of hydrogen-bond donors (Lipinski definition) is 2. The Morgan fingerprint density at radius 2 is 1.86 bits per heavy atom. The summed E-state index contributed by atoms with van der Waals surface area (Å²) in [4.78, 5) is 23.1. The average molecular weight is 290 g/mol. The fourth-order valence-corrected chi connectivity index (χ4v) is 1.97. The zero-order valence-corrected chi connectivity index (χ0v) is 12.7. The lowest BCUT2D eigenvalue weighted by atomic mass is 9.86. The van der Waals surface area contributed by atoms with E-state index in [1.807, 2.05) is 24.3 Å². The number of hydrazine groups is 1. The number of hydrogen-bond acceptors (Lipinski definition) is 3. The standard InChI is InChI=1S/C16H22N2O3/c1-16(2,3)12-6-4-5-7-13(12)21-10-14(19)17-18-15(20)11-8-9-11/h4-7,11H,8-10H2,1-3H3,(H,17,19)(H,18,20). The van der Waals surface area contributed by atoms with Crippen molar-refractivity contribution in [2.75, 3.05) is 6.61 Å². The number of benzene rings is 1. The third kappa shape index (κ3) is 4.48. The molecule has 0 radical (unpaired) electrons. The first kappa shape index (κ1) is 15.4. The maximum Gasteiger partial charge on any atom is 0.276 e. The van der Waals surface area contributed by atoms with Crippen LogP contribution in [0.15, 0.2) is 24.3 Å². The minimum absolute atomic E-state index is 0.0622. The van der Waals surface area contributed by atoms with E-state index in [-0.39, 0.29) is 29.8 Å². The molecule has 1 aromatic carbocycles. The lowest BCUT2D eigenvalue weighted by Gasteiger charge is -2.22. The summed E-state index contributed by atoms with van der Waals surface area (Å²) in [7, 11) is 0. The predicted molar refractivity (Wildman–Crippen MR) is 79.6 cm³/mol. The summed E-state index contributed by atoms with van der Waals surface area (Å²) in [6, 6.07) is 7.65. The highest BCUT2D eigenvalue weighted by Crippen LogP contribution is 2.31. The molecule has 1 aromatic rings. The van der Waals surface area contributed by atoms with Crippen molar-refractivity contribution in [3.8, 4) is 5.75 Å². The van der Waals surface area contributed by atoms with Crippen molar-refractivity contribution in [3.05, 3.63) is 29.8 Å². The normalized spacial score (nSPS) is 14.4. The summed E-state index contributed by atoms with van der Waals surface area (Å²) < 4.78 is 5.57. The van der Waals surface area contributed by atoms with Gasteiger partial charge in [-0.15, -0.1) is 0 Å².